The quantitative estimate of drug-likeness (QED) is 0.681. The first-order valence-corrected chi connectivity index (χ1v) is 8.21. The van der Waals surface area contributed by atoms with E-state index >= 15 is 0 Å². The molecule has 3 rings (SSSR count). The first-order valence-electron chi connectivity index (χ1n) is 8.21. The Bertz CT molecular complexity index is 983. The molecule has 0 unspecified atom stereocenters. The standard InChI is InChI=1S/C20H15F3N4O/c21-20(22,23)18-6-3-14(9-27-18)8-16(19(24)28)7-13-1-4-15(5-2-13)17-10-25-12-26-11-17/h1-6,8-12H,7H2,(H2,24,28). The number of halogens is 3. The number of rotatable bonds is 5. The number of amides is 1. The average molecular weight is 384 g/mol. The third-order valence-corrected chi connectivity index (χ3v) is 3.98. The van der Waals surface area contributed by atoms with Crippen LogP contribution >= 0.6 is 0 Å². The van der Waals surface area contributed by atoms with Gasteiger partial charge in [0, 0.05) is 36.1 Å². The fourth-order valence-corrected chi connectivity index (χ4v) is 2.55. The summed E-state index contributed by atoms with van der Waals surface area (Å²) in [6.07, 6.45) is 3.04. The Morgan fingerprint density at radius 3 is 2.18 bits per heavy atom. The molecule has 142 valence electrons. The molecular formula is C20H15F3N4O. The van der Waals surface area contributed by atoms with E-state index < -0.39 is 17.8 Å². The third kappa shape index (κ3) is 4.79. The molecule has 1 amide bonds. The van der Waals surface area contributed by atoms with Crippen molar-refractivity contribution in [2.75, 3.05) is 0 Å². The van der Waals surface area contributed by atoms with Crippen molar-refractivity contribution in [1.82, 2.24) is 15.0 Å². The van der Waals surface area contributed by atoms with Crippen molar-refractivity contribution >= 4 is 12.0 Å². The number of hydrogen-bond acceptors (Lipinski definition) is 4. The Labute approximate surface area is 158 Å². The van der Waals surface area contributed by atoms with Crippen molar-refractivity contribution in [3.63, 3.8) is 0 Å². The van der Waals surface area contributed by atoms with E-state index in [9.17, 15) is 18.0 Å². The van der Waals surface area contributed by atoms with Crippen LogP contribution in [-0.4, -0.2) is 20.9 Å². The van der Waals surface area contributed by atoms with Gasteiger partial charge in [0.05, 0.1) is 0 Å². The second kappa shape index (κ2) is 7.99. The van der Waals surface area contributed by atoms with Crippen molar-refractivity contribution < 1.29 is 18.0 Å². The van der Waals surface area contributed by atoms with Gasteiger partial charge in [-0.25, -0.2) is 9.97 Å². The van der Waals surface area contributed by atoms with Crippen LogP contribution in [0, 0.1) is 0 Å². The summed E-state index contributed by atoms with van der Waals surface area (Å²) >= 11 is 0. The predicted molar refractivity (Wildman–Crippen MR) is 97.6 cm³/mol. The summed E-state index contributed by atoms with van der Waals surface area (Å²) in [5.41, 5.74) is 7.66. The first kappa shape index (κ1) is 19.2. The van der Waals surface area contributed by atoms with Crippen LogP contribution < -0.4 is 5.73 Å². The molecule has 1 aromatic carbocycles. The second-order valence-electron chi connectivity index (χ2n) is 6.01. The highest BCUT2D eigenvalue weighted by atomic mass is 19.4. The monoisotopic (exact) mass is 384 g/mol. The van der Waals surface area contributed by atoms with Gasteiger partial charge in [-0.1, -0.05) is 30.3 Å². The molecule has 5 nitrogen and oxygen atoms in total. The predicted octanol–water partition coefficient (Wildman–Crippen LogP) is 3.67. The summed E-state index contributed by atoms with van der Waals surface area (Å²) < 4.78 is 37.8. The summed E-state index contributed by atoms with van der Waals surface area (Å²) in [6.45, 7) is 0. The summed E-state index contributed by atoms with van der Waals surface area (Å²) in [5, 5.41) is 0. The van der Waals surface area contributed by atoms with E-state index in [2.05, 4.69) is 15.0 Å². The molecule has 28 heavy (non-hydrogen) atoms. The largest absolute Gasteiger partial charge is 0.433 e. The lowest BCUT2D eigenvalue weighted by atomic mass is 10.00. The lowest BCUT2D eigenvalue weighted by Gasteiger charge is -2.07. The van der Waals surface area contributed by atoms with Gasteiger partial charge in [-0.3, -0.25) is 9.78 Å². The van der Waals surface area contributed by atoms with Gasteiger partial charge in [-0.2, -0.15) is 13.2 Å². The molecule has 0 radical (unpaired) electrons. The van der Waals surface area contributed by atoms with Gasteiger partial charge in [0.2, 0.25) is 5.91 Å². The number of carbonyl (C=O) groups is 1. The topological polar surface area (TPSA) is 81.8 Å². The average Bonchev–Trinajstić information content (AvgIpc) is 2.68. The van der Waals surface area contributed by atoms with E-state index in [4.69, 9.17) is 5.73 Å². The van der Waals surface area contributed by atoms with E-state index in [-0.39, 0.29) is 12.0 Å². The number of nitrogens with two attached hydrogens (primary N) is 1. The highest BCUT2D eigenvalue weighted by molar-refractivity contribution is 5.97. The molecule has 0 fully saturated rings. The summed E-state index contributed by atoms with van der Waals surface area (Å²) in [4.78, 5) is 23.1. The normalized spacial score (nSPS) is 12.0. The zero-order chi connectivity index (χ0) is 20.1. The number of pyridine rings is 1. The Balaban J connectivity index is 1.79. The first-order chi connectivity index (χ1) is 13.3. The molecule has 0 saturated heterocycles. The fraction of sp³-hybridized carbons (Fsp3) is 0.100. The fourth-order valence-electron chi connectivity index (χ4n) is 2.55. The van der Waals surface area contributed by atoms with Crippen LogP contribution in [0.5, 0.6) is 0 Å². The lowest BCUT2D eigenvalue weighted by molar-refractivity contribution is -0.141. The van der Waals surface area contributed by atoms with Gasteiger partial charge in [0.1, 0.15) is 12.0 Å². The molecule has 0 aliphatic rings. The SMILES string of the molecule is NC(=O)C(=Cc1ccc(C(F)(F)F)nc1)Cc1ccc(-c2cncnc2)cc1. The summed E-state index contributed by atoms with van der Waals surface area (Å²) in [5.74, 6) is -0.652. The van der Waals surface area contributed by atoms with Crippen LogP contribution in [-0.2, 0) is 17.4 Å². The number of benzene rings is 1. The van der Waals surface area contributed by atoms with E-state index in [0.29, 0.717) is 5.56 Å². The van der Waals surface area contributed by atoms with Crippen molar-refractivity contribution in [1.29, 1.82) is 0 Å². The molecule has 2 aromatic heterocycles. The molecule has 0 bridgehead atoms. The number of aromatic nitrogens is 3. The number of alkyl halides is 3. The van der Waals surface area contributed by atoms with Gasteiger partial charge >= 0.3 is 6.18 Å². The van der Waals surface area contributed by atoms with Gasteiger partial charge in [0.25, 0.3) is 0 Å². The molecule has 0 aliphatic carbocycles. The van der Waals surface area contributed by atoms with Gasteiger partial charge in [-0.15, -0.1) is 0 Å². The van der Waals surface area contributed by atoms with E-state index in [1.807, 2.05) is 24.3 Å². The molecule has 2 N–H and O–H groups in total. The van der Waals surface area contributed by atoms with Crippen LogP contribution in [0.4, 0.5) is 13.2 Å². The highest BCUT2D eigenvalue weighted by Gasteiger charge is 2.31. The van der Waals surface area contributed by atoms with Crippen LogP contribution in [0.25, 0.3) is 17.2 Å². The molecule has 0 spiro atoms. The zero-order valence-corrected chi connectivity index (χ0v) is 14.5. The van der Waals surface area contributed by atoms with E-state index in [0.717, 1.165) is 29.0 Å². The number of nitrogens with zero attached hydrogens (tertiary/aromatic N) is 3. The van der Waals surface area contributed by atoms with Gasteiger partial charge in [-0.05, 0) is 28.8 Å². The summed E-state index contributed by atoms with van der Waals surface area (Å²) in [7, 11) is 0. The van der Waals surface area contributed by atoms with Crippen molar-refractivity contribution in [2.45, 2.75) is 12.6 Å². The van der Waals surface area contributed by atoms with E-state index in [1.165, 1.54) is 18.5 Å². The van der Waals surface area contributed by atoms with Crippen LogP contribution in [0.15, 0.2) is 66.9 Å². The molecular weight excluding hydrogens is 369 g/mol. The second-order valence-corrected chi connectivity index (χ2v) is 6.01. The highest BCUT2D eigenvalue weighted by Crippen LogP contribution is 2.27. The van der Waals surface area contributed by atoms with Crippen LogP contribution in [0.2, 0.25) is 0 Å². The minimum absolute atomic E-state index is 0.238. The Morgan fingerprint density at radius 2 is 1.64 bits per heavy atom. The van der Waals surface area contributed by atoms with Gasteiger partial charge < -0.3 is 5.73 Å². The Kier molecular flexibility index (Phi) is 5.49. The maximum Gasteiger partial charge on any atom is 0.433 e. The minimum atomic E-state index is -4.51. The van der Waals surface area contributed by atoms with Crippen molar-refractivity contribution in [3.05, 3.63) is 83.7 Å². The molecule has 3 aromatic rings. The number of primary amides is 1. The lowest BCUT2D eigenvalue weighted by Crippen LogP contribution is -2.15. The maximum atomic E-state index is 12.6. The van der Waals surface area contributed by atoms with Crippen molar-refractivity contribution in [2.24, 2.45) is 5.73 Å². The Hall–Kier alpha value is -3.55. The van der Waals surface area contributed by atoms with Crippen LogP contribution in [0.1, 0.15) is 16.8 Å². The molecule has 0 atom stereocenters. The smallest absolute Gasteiger partial charge is 0.366 e. The maximum absolute atomic E-state index is 12.6. The molecule has 2 heterocycles. The zero-order valence-electron chi connectivity index (χ0n) is 14.5. The van der Waals surface area contributed by atoms with Crippen molar-refractivity contribution in [3.8, 4) is 11.1 Å². The third-order valence-electron chi connectivity index (χ3n) is 3.98. The molecule has 0 saturated carbocycles. The van der Waals surface area contributed by atoms with E-state index in [1.54, 1.807) is 12.4 Å². The molecule has 0 aliphatic heterocycles. The minimum Gasteiger partial charge on any atom is -0.366 e. The summed E-state index contributed by atoms with van der Waals surface area (Å²) in [6, 6.07) is 9.52. The van der Waals surface area contributed by atoms with Crippen LogP contribution in [0.3, 0.4) is 0 Å². The van der Waals surface area contributed by atoms with Gasteiger partial charge in [0.15, 0.2) is 0 Å². The Morgan fingerprint density at radius 1 is 0.964 bits per heavy atom. The number of carbonyl (C=O) groups excluding carboxylic acids is 1. The molecule has 8 heteroatoms. The number of hydrogen-bond donors (Lipinski definition) is 1.